The van der Waals surface area contributed by atoms with Gasteiger partial charge in [-0.2, -0.15) is 0 Å². The van der Waals surface area contributed by atoms with Gasteiger partial charge >= 0.3 is 0 Å². The second-order valence-electron chi connectivity index (χ2n) is 5.42. The van der Waals surface area contributed by atoms with Crippen LogP contribution in [0, 0.1) is 13.8 Å². The first-order valence-electron chi connectivity index (χ1n) is 7.22. The van der Waals surface area contributed by atoms with Gasteiger partial charge in [0.1, 0.15) is 23.8 Å². The van der Waals surface area contributed by atoms with E-state index in [0.717, 1.165) is 48.4 Å². The number of aryl methyl sites for hydroxylation is 2. The monoisotopic (exact) mass is 284 g/mol. The lowest BCUT2D eigenvalue weighted by molar-refractivity contribution is 0.733. The van der Waals surface area contributed by atoms with Gasteiger partial charge in [0.25, 0.3) is 0 Å². The quantitative estimate of drug-likeness (QED) is 0.929. The molecule has 3 heterocycles. The molecule has 1 aliphatic rings. The van der Waals surface area contributed by atoms with Crippen LogP contribution in [0.5, 0.6) is 0 Å². The number of anilines is 2. The molecule has 1 aliphatic heterocycles. The highest BCUT2D eigenvalue weighted by Crippen LogP contribution is 2.29. The van der Waals surface area contributed by atoms with Crippen molar-refractivity contribution in [1.29, 1.82) is 0 Å². The largest absolute Gasteiger partial charge is 0.373 e. The highest BCUT2D eigenvalue weighted by atomic mass is 15.2. The predicted octanol–water partition coefficient (Wildman–Crippen LogP) is 1.92. The highest BCUT2D eigenvalue weighted by Gasteiger charge is 2.26. The van der Waals surface area contributed by atoms with Crippen molar-refractivity contribution in [3.8, 4) is 0 Å². The fraction of sp³-hybridized carbons (Fsp3) is 0.467. The molecule has 1 atom stereocenters. The lowest BCUT2D eigenvalue weighted by Gasteiger charge is -2.17. The summed E-state index contributed by atoms with van der Waals surface area (Å²) in [6.07, 6.45) is 2.72. The van der Waals surface area contributed by atoms with Gasteiger partial charge in [0.15, 0.2) is 0 Å². The van der Waals surface area contributed by atoms with Crippen LogP contribution < -0.4 is 10.2 Å². The molecular formula is C15H20N6. The van der Waals surface area contributed by atoms with Crippen LogP contribution in [0.3, 0.4) is 0 Å². The smallest absolute Gasteiger partial charge is 0.132 e. The molecule has 0 radical (unpaired) electrons. The van der Waals surface area contributed by atoms with E-state index in [2.05, 4.69) is 30.2 Å². The van der Waals surface area contributed by atoms with Crippen molar-refractivity contribution in [1.82, 2.24) is 19.9 Å². The van der Waals surface area contributed by atoms with E-state index in [1.165, 1.54) is 0 Å². The summed E-state index contributed by atoms with van der Waals surface area (Å²) in [6, 6.07) is 4.08. The zero-order chi connectivity index (χ0) is 14.8. The van der Waals surface area contributed by atoms with E-state index in [9.17, 15) is 0 Å². The van der Waals surface area contributed by atoms with Gasteiger partial charge in [-0.15, -0.1) is 0 Å². The summed E-state index contributed by atoms with van der Waals surface area (Å²) < 4.78 is 0. The molecule has 1 N–H and O–H groups in total. The van der Waals surface area contributed by atoms with Crippen molar-refractivity contribution in [2.24, 2.45) is 0 Å². The molecule has 2 aromatic heterocycles. The van der Waals surface area contributed by atoms with Crippen molar-refractivity contribution in [2.75, 3.05) is 30.4 Å². The van der Waals surface area contributed by atoms with Gasteiger partial charge in [-0.1, -0.05) is 0 Å². The maximum atomic E-state index is 4.60. The Morgan fingerprint density at radius 3 is 2.81 bits per heavy atom. The first-order chi connectivity index (χ1) is 10.2. The van der Waals surface area contributed by atoms with E-state index >= 15 is 0 Å². The summed E-state index contributed by atoms with van der Waals surface area (Å²) in [4.78, 5) is 19.8. The number of hydrogen-bond donors (Lipinski definition) is 1. The van der Waals surface area contributed by atoms with Crippen LogP contribution >= 0.6 is 0 Å². The first-order valence-corrected chi connectivity index (χ1v) is 7.22. The summed E-state index contributed by atoms with van der Waals surface area (Å²) in [5.74, 6) is 3.13. The Morgan fingerprint density at radius 2 is 2.05 bits per heavy atom. The van der Waals surface area contributed by atoms with E-state index in [1.54, 1.807) is 6.33 Å². The topological polar surface area (TPSA) is 66.8 Å². The van der Waals surface area contributed by atoms with Crippen LogP contribution in [0.1, 0.15) is 29.6 Å². The Hall–Kier alpha value is -2.24. The summed E-state index contributed by atoms with van der Waals surface area (Å²) in [7, 11) is 1.89. The molecule has 0 saturated carbocycles. The molecule has 6 heteroatoms. The van der Waals surface area contributed by atoms with Crippen LogP contribution in [0.15, 0.2) is 18.5 Å². The minimum absolute atomic E-state index is 0.425. The molecule has 0 bridgehead atoms. The van der Waals surface area contributed by atoms with Gasteiger partial charge in [0.05, 0.1) is 5.69 Å². The average Bonchev–Trinajstić information content (AvgIpc) is 2.96. The van der Waals surface area contributed by atoms with Gasteiger partial charge in [-0.05, 0) is 20.3 Å². The molecule has 0 aliphatic carbocycles. The minimum Gasteiger partial charge on any atom is -0.373 e. The first kappa shape index (κ1) is 13.7. The molecular weight excluding hydrogens is 264 g/mol. The zero-order valence-corrected chi connectivity index (χ0v) is 12.7. The molecule has 21 heavy (non-hydrogen) atoms. The summed E-state index contributed by atoms with van der Waals surface area (Å²) in [6.45, 7) is 5.87. The van der Waals surface area contributed by atoms with E-state index in [1.807, 2.05) is 33.0 Å². The van der Waals surface area contributed by atoms with Crippen LogP contribution in [0.2, 0.25) is 0 Å². The Morgan fingerprint density at radius 1 is 1.19 bits per heavy atom. The summed E-state index contributed by atoms with van der Waals surface area (Å²) in [5, 5.41) is 3.10. The van der Waals surface area contributed by atoms with Gasteiger partial charge in [-0.25, -0.2) is 19.9 Å². The van der Waals surface area contributed by atoms with Crippen molar-refractivity contribution in [3.05, 3.63) is 35.7 Å². The Labute approximate surface area is 124 Å². The van der Waals surface area contributed by atoms with Gasteiger partial charge in [0.2, 0.25) is 0 Å². The van der Waals surface area contributed by atoms with Gasteiger partial charge < -0.3 is 10.2 Å². The van der Waals surface area contributed by atoms with E-state index in [4.69, 9.17) is 0 Å². The molecule has 1 fully saturated rings. The highest BCUT2D eigenvalue weighted by molar-refractivity contribution is 5.43. The molecule has 1 saturated heterocycles. The number of rotatable bonds is 3. The number of aromatic nitrogens is 4. The molecule has 2 aromatic rings. The third-order valence-corrected chi connectivity index (χ3v) is 3.83. The zero-order valence-electron chi connectivity index (χ0n) is 12.7. The number of nitrogens with one attached hydrogen (secondary N) is 1. The Balaban J connectivity index is 1.79. The molecule has 0 aromatic carbocycles. The van der Waals surface area contributed by atoms with Crippen LogP contribution in [-0.2, 0) is 0 Å². The van der Waals surface area contributed by atoms with Gasteiger partial charge in [-0.3, -0.25) is 0 Å². The van der Waals surface area contributed by atoms with Crippen molar-refractivity contribution >= 4 is 11.6 Å². The number of hydrogen-bond acceptors (Lipinski definition) is 6. The van der Waals surface area contributed by atoms with E-state index < -0.39 is 0 Å². The SMILES string of the molecule is CNc1cc(C2CCN(c3cc(C)ncn3)C2)nc(C)n1. The molecule has 0 amide bonds. The van der Waals surface area contributed by atoms with E-state index in [0.29, 0.717) is 5.92 Å². The van der Waals surface area contributed by atoms with Gasteiger partial charge in [0, 0.05) is 43.9 Å². The Kier molecular flexibility index (Phi) is 3.68. The maximum Gasteiger partial charge on any atom is 0.132 e. The minimum atomic E-state index is 0.425. The van der Waals surface area contributed by atoms with Crippen LogP contribution in [-0.4, -0.2) is 40.1 Å². The third-order valence-electron chi connectivity index (χ3n) is 3.83. The van der Waals surface area contributed by atoms with Crippen molar-refractivity contribution in [3.63, 3.8) is 0 Å². The third kappa shape index (κ3) is 2.94. The van der Waals surface area contributed by atoms with Crippen LogP contribution in [0.4, 0.5) is 11.6 Å². The molecule has 1 unspecified atom stereocenters. The molecule has 110 valence electrons. The second kappa shape index (κ2) is 5.63. The molecule has 0 spiro atoms. The Bertz CT molecular complexity index is 642. The lowest BCUT2D eigenvalue weighted by atomic mass is 10.0. The summed E-state index contributed by atoms with van der Waals surface area (Å²) >= 11 is 0. The van der Waals surface area contributed by atoms with E-state index in [-0.39, 0.29) is 0 Å². The summed E-state index contributed by atoms with van der Waals surface area (Å²) in [5.41, 5.74) is 2.11. The van der Waals surface area contributed by atoms with Crippen LogP contribution in [0.25, 0.3) is 0 Å². The second-order valence-corrected chi connectivity index (χ2v) is 5.42. The predicted molar refractivity (Wildman–Crippen MR) is 82.7 cm³/mol. The lowest BCUT2D eigenvalue weighted by Crippen LogP contribution is -2.21. The fourth-order valence-corrected chi connectivity index (χ4v) is 2.75. The normalized spacial score (nSPS) is 18.0. The van der Waals surface area contributed by atoms with Crippen molar-refractivity contribution in [2.45, 2.75) is 26.2 Å². The fourth-order valence-electron chi connectivity index (χ4n) is 2.75. The number of nitrogens with zero attached hydrogens (tertiary/aromatic N) is 5. The van der Waals surface area contributed by atoms with Crippen molar-refractivity contribution < 1.29 is 0 Å². The molecule has 6 nitrogen and oxygen atoms in total. The average molecular weight is 284 g/mol. The standard InChI is InChI=1S/C15H20N6/c1-10-6-15(18-9-17-10)21-5-4-12(8-21)13-7-14(16-3)20-11(2)19-13/h6-7,9,12H,4-5,8H2,1-3H3,(H,16,19,20). The maximum absolute atomic E-state index is 4.60. The molecule has 3 rings (SSSR count).